The number of hydrogen-bond donors (Lipinski definition) is 1. The van der Waals surface area contributed by atoms with Crippen molar-refractivity contribution in [2.24, 2.45) is 7.05 Å². The summed E-state index contributed by atoms with van der Waals surface area (Å²) in [7, 11) is 1.66. The van der Waals surface area contributed by atoms with Gasteiger partial charge in [-0.25, -0.2) is 14.6 Å². The molecule has 0 spiro atoms. The van der Waals surface area contributed by atoms with Crippen LogP contribution in [0.25, 0.3) is 11.4 Å². The second-order valence-electron chi connectivity index (χ2n) is 4.26. The Morgan fingerprint density at radius 1 is 1.45 bits per heavy atom. The molecule has 0 unspecified atom stereocenters. The molecule has 9 heteroatoms. The molecule has 1 N–H and O–H groups in total. The first kappa shape index (κ1) is 13.8. The van der Waals surface area contributed by atoms with Gasteiger partial charge < -0.3 is 5.32 Å². The standard InChI is InChI=1S/C11H15N7O2/c1-4-5-12-11-14-7(2)10(18(19)20)9(15-11)8-6-13-16-17(8)3/h6H,4-5H2,1-3H3,(H,12,14,15). The van der Waals surface area contributed by atoms with E-state index in [1.54, 1.807) is 14.0 Å². The summed E-state index contributed by atoms with van der Waals surface area (Å²) < 4.78 is 1.44. The van der Waals surface area contributed by atoms with E-state index in [0.29, 0.717) is 23.9 Å². The molecule has 0 saturated carbocycles. The van der Waals surface area contributed by atoms with E-state index >= 15 is 0 Å². The Morgan fingerprint density at radius 2 is 2.20 bits per heavy atom. The van der Waals surface area contributed by atoms with Crippen molar-refractivity contribution in [1.82, 2.24) is 25.0 Å². The van der Waals surface area contributed by atoms with Crippen LogP contribution in [-0.2, 0) is 7.05 Å². The van der Waals surface area contributed by atoms with E-state index in [9.17, 15) is 10.1 Å². The molecule has 0 aromatic carbocycles. The normalized spacial score (nSPS) is 10.6. The molecule has 20 heavy (non-hydrogen) atoms. The van der Waals surface area contributed by atoms with Crippen molar-refractivity contribution < 1.29 is 4.92 Å². The summed E-state index contributed by atoms with van der Waals surface area (Å²) in [5, 5.41) is 21.8. The quantitative estimate of drug-likeness (QED) is 0.647. The van der Waals surface area contributed by atoms with Gasteiger partial charge in [0.25, 0.3) is 0 Å². The maximum atomic E-state index is 11.2. The first-order valence-corrected chi connectivity index (χ1v) is 6.16. The molecule has 2 aromatic heterocycles. The van der Waals surface area contributed by atoms with Gasteiger partial charge in [0, 0.05) is 13.6 Å². The number of nitrogens with one attached hydrogen (secondary N) is 1. The highest BCUT2D eigenvalue weighted by Crippen LogP contribution is 2.30. The van der Waals surface area contributed by atoms with E-state index in [0.717, 1.165) is 6.42 Å². The Bertz CT molecular complexity index is 638. The molecular weight excluding hydrogens is 262 g/mol. The summed E-state index contributed by atoms with van der Waals surface area (Å²) in [6, 6.07) is 0. The predicted molar refractivity (Wildman–Crippen MR) is 72.2 cm³/mol. The zero-order chi connectivity index (χ0) is 14.7. The number of anilines is 1. The minimum Gasteiger partial charge on any atom is -0.354 e. The number of hydrogen-bond acceptors (Lipinski definition) is 7. The van der Waals surface area contributed by atoms with Gasteiger partial charge in [0.15, 0.2) is 5.69 Å². The van der Waals surface area contributed by atoms with Crippen molar-refractivity contribution in [3.63, 3.8) is 0 Å². The lowest BCUT2D eigenvalue weighted by Gasteiger charge is -2.08. The van der Waals surface area contributed by atoms with Crippen molar-refractivity contribution in [3.8, 4) is 11.4 Å². The Hall–Kier alpha value is -2.58. The summed E-state index contributed by atoms with van der Waals surface area (Å²) in [4.78, 5) is 19.1. The van der Waals surface area contributed by atoms with E-state index < -0.39 is 4.92 Å². The average Bonchev–Trinajstić information content (AvgIpc) is 2.81. The van der Waals surface area contributed by atoms with E-state index in [-0.39, 0.29) is 11.4 Å². The molecule has 0 aliphatic carbocycles. The first-order chi connectivity index (χ1) is 9.54. The van der Waals surface area contributed by atoms with Crippen LogP contribution in [0.5, 0.6) is 0 Å². The first-order valence-electron chi connectivity index (χ1n) is 6.16. The highest BCUT2D eigenvalue weighted by Gasteiger charge is 2.25. The van der Waals surface area contributed by atoms with Crippen LogP contribution >= 0.6 is 0 Å². The van der Waals surface area contributed by atoms with Gasteiger partial charge in [-0.2, -0.15) is 0 Å². The molecule has 0 aliphatic rings. The van der Waals surface area contributed by atoms with Gasteiger partial charge in [0.05, 0.1) is 11.1 Å². The third kappa shape index (κ3) is 2.56. The SMILES string of the molecule is CCCNc1nc(C)c([N+](=O)[O-])c(-c2cnnn2C)n1. The molecule has 0 radical (unpaired) electrons. The zero-order valence-electron chi connectivity index (χ0n) is 11.5. The number of aryl methyl sites for hydroxylation is 2. The van der Waals surface area contributed by atoms with Crippen LogP contribution in [0.2, 0.25) is 0 Å². The van der Waals surface area contributed by atoms with Gasteiger partial charge in [0.1, 0.15) is 11.4 Å². The van der Waals surface area contributed by atoms with Crippen LogP contribution in [-0.4, -0.2) is 36.4 Å². The lowest BCUT2D eigenvalue weighted by atomic mass is 10.2. The Labute approximate surface area is 115 Å². The molecule has 0 amide bonds. The fraction of sp³-hybridized carbons (Fsp3) is 0.455. The number of nitro groups is 1. The fourth-order valence-electron chi connectivity index (χ4n) is 1.78. The number of rotatable bonds is 5. The van der Waals surface area contributed by atoms with Crippen LogP contribution in [0, 0.1) is 17.0 Å². The Kier molecular flexibility index (Phi) is 3.87. The summed E-state index contributed by atoms with van der Waals surface area (Å²) in [5.74, 6) is 0.367. The molecular formula is C11H15N7O2. The molecule has 0 fully saturated rings. The summed E-state index contributed by atoms with van der Waals surface area (Å²) in [6.07, 6.45) is 2.35. The Balaban J connectivity index is 2.59. The third-order valence-electron chi connectivity index (χ3n) is 2.73. The van der Waals surface area contributed by atoms with Crippen LogP contribution in [0.15, 0.2) is 6.20 Å². The van der Waals surface area contributed by atoms with Crippen molar-refractivity contribution in [2.45, 2.75) is 20.3 Å². The lowest BCUT2D eigenvalue weighted by Crippen LogP contribution is -2.09. The zero-order valence-corrected chi connectivity index (χ0v) is 11.5. The number of nitrogens with zero attached hydrogens (tertiary/aromatic N) is 6. The molecule has 0 bridgehead atoms. The third-order valence-corrected chi connectivity index (χ3v) is 2.73. The molecule has 2 aromatic rings. The van der Waals surface area contributed by atoms with Gasteiger partial charge in [-0.1, -0.05) is 12.1 Å². The van der Waals surface area contributed by atoms with Gasteiger partial charge in [-0.05, 0) is 13.3 Å². The molecule has 9 nitrogen and oxygen atoms in total. The van der Waals surface area contributed by atoms with Gasteiger partial charge in [0.2, 0.25) is 5.95 Å². The van der Waals surface area contributed by atoms with Crippen molar-refractivity contribution >= 4 is 11.6 Å². The lowest BCUT2D eigenvalue weighted by molar-refractivity contribution is -0.385. The minimum atomic E-state index is -0.485. The maximum absolute atomic E-state index is 11.2. The van der Waals surface area contributed by atoms with Crippen molar-refractivity contribution in [2.75, 3.05) is 11.9 Å². The minimum absolute atomic E-state index is 0.127. The smallest absolute Gasteiger partial charge is 0.318 e. The largest absolute Gasteiger partial charge is 0.354 e. The van der Waals surface area contributed by atoms with E-state index in [1.807, 2.05) is 6.92 Å². The van der Waals surface area contributed by atoms with Gasteiger partial charge in [-0.15, -0.1) is 5.10 Å². The molecule has 2 heterocycles. The van der Waals surface area contributed by atoms with Crippen molar-refractivity contribution in [1.29, 1.82) is 0 Å². The predicted octanol–water partition coefficient (Wildman–Crippen LogP) is 1.31. The number of aromatic nitrogens is 5. The highest BCUT2D eigenvalue weighted by atomic mass is 16.6. The Morgan fingerprint density at radius 3 is 2.75 bits per heavy atom. The maximum Gasteiger partial charge on any atom is 0.318 e. The second-order valence-corrected chi connectivity index (χ2v) is 4.26. The molecule has 2 rings (SSSR count). The van der Waals surface area contributed by atoms with E-state index in [4.69, 9.17) is 0 Å². The van der Waals surface area contributed by atoms with E-state index in [1.165, 1.54) is 10.9 Å². The summed E-state index contributed by atoms with van der Waals surface area (Å²) >= 11 is 0. The van der Waals surface area contributed by atoms with Crippen LogP contribution in [0.3, 0.4) is 0 Å². The molecule has 0 atom stereocenters. The molecule has 0 aliphatic heterocycles. The monoisotopic (exact) mass is 277 g/mol. The van der Waals surface area contributed by atoms with Crippen LogP contribution in [0.4, 0.5) is 11.6 Å². The van der Waals surface area contributed by atoms with Crippen LogP contribution in [0.1, 0.15) is 19.0 Å². The van der Waals surface area contributed by atoms with Crippen molar-refractivity contribution in [3.05, 3.63) is 22.0 Å². The topological polar surface area (TPSA) is 112 Å². The van der Waals surface area contributed by atoms with Gasteiger partial charge >= 0.3 is 5.69 Å². The summed E-state index contributed by atoms with van der Waals surface area (Å²) in [6.45, 7) is 4.29. The summed E-state index contributed by atoms with van der Waals surface area (Å²) in [5.41, 5.74) is 0.868. The second kappa shape index (κ2) is 5.59. The fourth-order valence-corrected chi connectivity index (χ4v) is 1.78. The average molecular weight is 277 g/mol. The van der Waals surface area contributed by atoms with Crippen LogP contribution < -0.4 is 5.32 Å². The molecule has 0 saturated heterocycles. The molecule has 106 valence electrons. The van der Waals surface area contributed by atoms with E-state index in [2.05, 4.69) is 25.6 Å². The highest BCUT2D eigenvalue weighted by molar-refractivity contribution is 5.68. The van der Waals surface area contributed by atoms with Gasteiger partial charge in [-0.3, -0.25) is 10.1 Å².